The van der Waals surface area contributed by atoms with Gasteiger partial charge < -0.3 is 16.4 Å². The summed E-state index contributed by atoms with van der Waals surface area (Å²) in [4.78, 5) is 36.7. The van der Waals surface area contributed by atoms with Crippen molar-refractivity contribution in [3.8, 4) is 0 Å². The van der Waals surface area contributed by atoms with E-state index >= 15 is 0 Å². The lowest BCUT2D eigenvalue weighted by molar-refractivity contribution is -0.119. The SMILES string of the molecule is CC(C)(C)NC(=O)c1ccc(NC(=O)C2=NN(c3ccccc3)C(C(N)=O)C2)cc1. The van der Waals surface area contributed by atoms with E-state index < -0.39 is 17.9 Å². The van der Waals surface area contributed by atoms with Crippen LogP contribution in [0.15, 0.2) is 59.7 Å². The lowest BCUT2D eigenvalue weighted by Gasteiger charge is -2.20. The standard InChI is InChI=1S/C22H25N5O3/c1-22(2,3)25-20(29)14-9-11-15(12-10-14)24-21(30)17-13-18(19(23)28)27(26-17)16-7-5-4-6-8-16/h4-12,18H,13H2,1-3H3,(H2,23,28)(H,24,30)(H,25,29). The summed E-state index contributed by atoms with van der Waals surface area (Å²) in [5, 5.41) is 11.4. The smallest absolute Gasteiger partial charge is 0.271 e. The van der Waals surface area contributed by atoms with E-state index in [-0.39, 0.29) is 23.6 Å². The predicted molar refractivity (Wildman–Crippen MR) is 116 cm³/mol. The fourth-order valence-corrected chi connectivity index (χ4v) is 3.01. The molecule has 156 valence electrons. The van der Waals surface area contributed by atoms with Crippen LogP contribution in [0.1, 0.15) is 37.6 Å². The topological polar surface area (TPSA) is 117 Å². The molecule has 3 rings (SSSR count). The van der Waals surface area contributed by atoms with Crippen LogP contribution in [0.4, 0.5) is 11.4 Å². The Morgan fingerprint density at radius 3 is 2.20 bits per heavy atom. The molecule has 1 aliphatic heterocycles. The van der Waals surface area contributed by atoms with Crippen molar-refractivity contribution in [3.63, 3.8) is 0 Å². The van der Waals surface area contributed by atoms with Gasteiger partial charge in [-0.2, -0.15) is 5.10 Å². The molecule has 0 radical (unpaired) electrons. The molecular formula is C22H25N5O3. The summed E-state index contributed by atoms with van der Waals surface area (Å²) in [7, 11) is 0. The van der Waals surface area contributed by atoms with E-state index in [1.165, 1.54) is 5.01 Å². The Morgan fingerprint density at radius 2 is 1.63 bits per heavy atom. The maximum Gasteiger partial charge on any atom is 0.271 e. The average molecular weight is 407 g/mol. The summed E-state index contributed by atoms with van der Waals surface area (Å²) in [5.41, 5.74) is 7.06. The first-order valence-corrected chi connectivity index (χ1v) is 9.59. The Balaban J connectivity index is 1.71. The fraction of sp³-hybridized carbons (Fsp3) is 0.273. The number of hydrazone groups is 1. The second kappa shape index (κ2) is 8.36. The van der Waals surface area contributed by atoms with Crippen LogP contribution >= 0.6 is 0 Å². The molecule has 8 nitrogen and oxygen atoms in total. The van der Waals surface area contributed by atoms with Crippen molar-refractivity contribution in [2.24, 2.45) is 10.8 Å². The van der Waals surface area contributed by atoms with Gasteiger partial charge >= 0.3 is 0 Å². The third-order valence-electron chi connectivity index (χ3n) is 4.42. The lowest BCUT2D eigenvalue weighted by atomic mass is 10.1. The van der Waals surface area contributed by atoms with Crippen LogP contribution in [0.25, 0.3) is 0 Å². The van der Waals surface area contributed by atoms with Gasteiger partial charge in [-0.05, 0) is 57.2 Å². The lowest BCUT2D eigenvalue weighted by Crippen LogP contribution is -2.40. The number of hydrogen-bond donors (Lipinski definition) is 3. The van der Waals surface area contributed by atoms with Crippen LogP contribution < -0.4 is 21.4 Å². The molecule has 0 bridgehead atoms. The highest BCUT2D eigenvalue weighted by Gasteiger charge is 2.34. The van der Waals surface area contributed by atoms with Gasteiger partial charge in [0.1, 0.15) is 11.8 Å². The Morgan fingerprint density at radius 1 is 1.00 bits per heavy atom. The maximum atomic E-state index is 12.7. The van der Waals surface area contributed by atoms with Gasteiger partial charge in [0, 0.05) is 23.2 Å². The molecule has 0 aromatic heterocycles. The number of nitrogens with two attached hydrogens (primary N) is 1. The molecule has 0 fully saturated rings. The molecule has 2 aromatic carbocycles. The Hall–Kier alpha value is -3.68. The minimum absolute atomic E-state index is 0.113. The largest absolute Gasteiger partial charge is 0.368 e. The van der Waals surface area contributed by atoms with Gasteiger partial charge in [-0.25, -0.2) is 0 Å². The zero-order chi connectivity index (χ0) is 21.9. The van der Waals surface area contributed by atoms with E-state index in [4.69, 9.17) is 5.73 Å². The molecule has 30 heavy (non-hydrogen) atoms. The first-order valence-electron chi connectivity index (χ1n) is 9.59. The molecule has 8 heteroatoms. The van der Waals surface area contributed by atoms with Gasteiger partial charge in [0.25, 0.3) is 11.8 Å². The van der Waals surface area contributed by atoms with Gasteiger partial charge in [-0.3, -0.25) is 19.4 Å². The highest BCUT2D eigenvalue weighted by molar-refractivity contribution is 6.44. The van der Waals surface area contributed by atoms with E-state index in [9.17, 15) is 14.4 Å². The van der Waals surface area contributed by atoms with Gasteiger partial charge in [0.2, 0.25) is 5.91 Å². The number of nitrogens with one attached hydrogen (secondary N) is 2. The van der Waals surface area contributed by atoms with Crippen molar-refractivity contribution in [2.45, 2.75) is 38.8 Å². The zero-order valence-electron chi connectivity index (χ0n) is 17.2. The number of anilines is 2. The summed E-state index contributed by atoms with van der Waals surface area (Å²) in [5.74, 6) is -1.17. The number of para-hydroxylation sites is 1. The summed E-state index contributed by atoms with van der Waals surface area (Å²) >= 11 is 0. The number of carbonyl (C=O) groups excluding carboxylic acids is 3. The van der Waals surface area contributed by atoms with Crippen molar-refractivity contribution in [2.75, 3.05) is 10.3 Å². The third kappa shape index (κ3) is 5.02. The van der Waals surface area contributed by atoms with E-state index in [1.54, 1.807) is 36.4 Å². The molecule has 0 saturated carbocycles. The first kappa shape index (κ1) is 21.0. The Labute approximate surface area is 175 Å². The second-order valence-corrected chi connectivity index (χ2v) is 8.08. The number of benzene rings is 2. The fourth-order valence-electron chi connectivity index (χ4n) is 3.01. The van der Waals surface area contributed by atoms with Crippen molar-refractivity contribution >= 4 is 34.8 Å². The van der Waals surface area contributed by atoms with E-state index in [0.29, 0.717) is 16.9 Å². The monoisotopic (exact) mass is 407 g/mol. The van der Waals surface area contributed by atoms with E-state index in [1.807, 2.05) is 39.0 Å². The van der Waals surface area contributed by atoms with Crippen LogP contribution in [0.3, 0.4) is 0 Å². The number of rotatable bonds is 5. The van der Waals surface area contributed by atoms with Gasteiger partial charge in [0.15, 0.2) is 0 Å². The molecule has 0 aliphatic carbocycles. The number of amides is 3. The quantitative estimate of drug-likeness (QED) is 0.705. The molecule has 1 atom stereocenters. The molecule has 4 N–H and O–H groups in total. The van der Waals surface area contributed by atoms with Crippen molar-refractivity contribution in [1.29, 1.82) is 0 Å². The van der Waals surface area contributed by atoms with Gasteiger partial charge in [-0.1, -0.05) is 18.2 Å². The first-order chi connectivity index (χ1) is 14.1. The molecule has 3 amide bonds. The number of primary amides is 1. The molecule has 1 unspecified atom stereocenters. The molecule has 0 saturated heterocycles. The third-order valence-corrected chi connectivity index (χ3v) is 4.42. The van der Waals surface area contributed by atoms with Crippen molar-refractivity contribution < 1.29 is 14.4 Å². The number of carbonyl (C=O) groups is 3. The molecular weight excluding hydrogens is 382 g/mol. The minimum Gasteiger partial charge on any atom is -0.368 e. The molecule has 2 aromatic rings. The molecule has 0 spiro atoms. The van der Waals surface area contributed by atoms with Crippen LogP contribution in [0.5, 0.6) is 0 Å². The van der Waals surface area contributed by atoms with Crippen molar-refractivity contribution in [1.82, 2.24) is 5.32 Å². The molecule has 1 aliphatic rings. The predicted octanol–water partition coefficient (Wildman–Crippen LogP) is 2.27. The summed E-state index contributed by atoms with van der Waals surface area (Å²) in [6.45, 7) is 5.71. The van der Waals surface area contributed by atoms with Gasteiger partial charge in [-0.15, -0.1) is 0 Å². The van der Waals surface area contributed by atoms with Crippen LogP contribution in [-0.2, 0) is 9.59 Å². The Bertz CT molecular complexity index is 978. The van der Waals surface area contributed by atoms with Crippen LogP contribution in [0.2, 0.25) is 0 Å². The minimum atomic E-state index is -0.725. The van der Waals surface area contributed by atoms with E-state index in [2.05, 4.69) is 15.7 Å². The van der Waals surface area contributed by atoms with Crippen molar-refractivity contribution in [3.05, 3.63) is 60.2 Å². The molecule has 1 heterocycles. The number of nitrogens with zero attached hydrogens (tertiary/aromatic N) is 2. The summed E-state index contributed by atoms with van der Waals surface area (Å²) in [6, 6.07) is 14.9. The highest BCUT2D eigenvalue weighted by Crippen LogP contribution is 2.24. The normalized spacial score (nSPS) is 16.0. The summed E-state index contributed by atoms with van der Waals surface area (Å²) < 4.78 is 0. The van der Waals surface area contributed by atoms with Gasteiger partial charge in [0.05, 0.1) is 5.69 Å². The van der Waals surface area contributed by atoms with E-state index in [0.717, 1.165) is 0 Å². The Kier molecular flexibility index (Phi) is 5.86. The second-order valence-electron chi connectivity index (χ2n) is 8.08. The van der Waals surface area contributed by atoms with Crippen LogP contribution in [0, 0.1) is 0 Å². The zero-order valence-corrected chi connectivity index (χ0v) is 17.2. The maximum absolute atomic E-state index is 12.7. The highest BCUT2D eigenvalue weighted by atomic mass is 16.2. The average Bonchev–Trinajstić information content (AvgIpc) is 3.14. The van der Waals surface area contributed by atoms with Crippen LogP contribution in [-0.4, -0.2) is 35.0 Å². The number of hydrogen-bond acceptors (Lipinski definition) is 5. The summed E-state index contributed by atoms with van der Waals surface area (Å²) in [6.07, 6.45) is 0.113.